The number of methoxy groups -OCH3 is 1. The fourth-order valence-electron chi connectivity index (χ4n) is 2.49. The fraction of sp³-hybridized carbons (Fsp3) is 0.316. The summed E-state index contributed by atoms with van der Waals surface area (Å²) < 4.78 is 10.5. The van der Waals surface area contributed by atoms with Crippen LogP contribution < -0.4 is 4.74 Å². The van der Waals surface area contributed by atoms with Gasteiger partial charge in [-0.1, -0.05) is 17.7 Å². The van der Waals surface area contributed by atoms with Crippen LogP contribution >= 0.6 is 27.5 Å². The predicted octanol–water partition coefficient (Wildman–Crippen LogP) is 4.33. The first-order valence-corrected chi connectivity index (χ1v) is 9.43. The average Bonchev–Trinajstić information content (AvgIpc) is 2.64. The second-order valence-electron chi connectivity index (χ2n) is 5.62. The third kappa shape index (κ3) is 5.43. The molecule has 0 fully saturated rings. The summed E-state index contributed by atoms with van der Waals surface area (Å²) in [5.74, 6) is -0.585. The Balaban J connectivity index is 2.28. The summed E-state index contributed by atoms with van der Waals surface area (Å²) in [6.45, 7) is 1.94. The van der Waals surface area contributed by atoms with Gasteiger partial charge in [-0.3, -0.25) is 9.59 Å². The number of aromatic hydroxyl groups is 1. The van der Waals surface area contributed by atoms with Gasteiger partial charge in [0.1, 0.15) is 11.4 Å². The van der Waals surface area contributed by atoms with Gasteiger partial charge < -0.3 is 14.6 Å². The van der Waals surface area contributed by atoms with Crippen molar-refractivity contribution in [3.05, 3.63) is 50.7 Å². The summed E-state index contributed by atoms with van der Waals surface area (Å²) in [6, 6.07) is 6.90. The van der Waals surface area contributed by atoms with Crippen LogP contribution in [0.1, 0.15) is 41.5 Å². The van der Waals surface area contributed by atoms with E-state index in [0.29, 0.717) is 27.4 Å². The third-order valence-electron chi connectivity index (χ3n) is 3.78. The van der Waals surface area contributed by atoms with Crippen LogP contribution in [0.25, 0.3) is 0 Å². The molecule has 0 amide bonds. The summed E-state index contributed by atoms with van der Waals surface area (Å²) in [7, 11) is 1.54. The zero-order valence-electron chi connectivity index (χ0n) is 14.9. The van der Waals surface area contributed by atoms with Gasteiger partial charge in [-0.15, -0.1) is 0 Å². The zero-order chi connectivity index (χ0) is 20.0. The number of benzene rings is 1. The molecule has 0 spiro atoms. The van der Waals surface area contributed by atoms with Crippen LogP contribution in [0.3, 0.4) is 0 Å². The largest absolute Gasteiger partial charge is 0.504 e. The third-order valence-corrected chi connectivity index (χ3v) is 4.74. The maximum absolute atomic E-state index is 12.4. The molecule has 6 nitrogen and oxygen atoms in total. The zero-order valence-corrected chi connectivity index (χ0v) is 17.3. The number of hydrogen-bond donors (Lipinski definition) is 1. The molecule has 0 aliphatic carbocycles. The number of carbonyl (C=O) groups excluding carboxylic acids is 2. The molecule has 2 rings (SSSR count). The Hall–Kier alpha value is -2.12. The van der Waals surface area contributed by atoms with Gasteiger partial charge in [-0.2, -0.15) is 0 Å². The van der Waals surface area contributed by atoms with Gasteiger partial charge in [0, 0.05) is 29.1 Å². The molecule has 27 heavy (non-hydrogen) atoms. The van der Waals surface area contributed by atoms with Gasteiger partial charge in [0.25, 0.3) is 0 Å². The van der Waals surface area contributed by atoms with Crippen molar-refractivity contribution in [2.75, 3.05) is 13.7 Å². The van der Waals surface area contributed by atoms with E-state index in [-0.39, 0.29) is 30.9 Å². The van der Waals surface area contributed by atoms with Crippen LogP contribution in [0.2, 0.25) is 5.02 Å². The predicted molar refractivity (Wildman–Crippen MR) is 105 cm³/mol. The number of hydrogen-bond acceptors (Lipinski definition) is 6. The minimum absolute atomic E-state index is 0.0754. The van der Waals surface area contributed by atoms with Crippen LogP contribution in [0, 0.1) is 0 Å². The summed E-state index contributed by atoms with van der Waals surface area (Å²) in [6.07, 6.45) is 0.124. The Morgan fingerprint density at radius 1 is 1.30 bits per heavy atom. The number of Topliss-reactive ketones (excluding diaryl/α,β-unsaturated/α-hetero) is 1. The van der Waals surface area contributed by atoms with E-state index in [1.54, 1.807) is 38.3 Å². The molecular weight excluding hydrogens is 438 g/mol. The fourth-order valence-corrected chi connectivity index (χ4v) is 3.18. The first kappa shape index (κ1) is 21.2. The molecule has 1 aromatic carbocycles. The Kier molecular flexibility index (Phi) is 7.62. The lowest BCUT2D eigenvalue weighted by atomic mass is 10.1. The number of pyridine rings is 1. The van der Waals surface area contributed by atoms with Crippen molar-refractivity contribution in [1.82, 2.24) is 4.98 Å². The minimum atomic E-state index is -0.471. The number of aromatic nitrogens is 1. The van der Waals surface area contributed by atoms with E-state index in [0.717, 1.165) is 5.56 Å². The monoisotopic (exact) mass is 455 g/mol. The van der Waals surface area contributed by atoms with E-state index in [2.05, 4.69) is 20.9 Å². The van der Waals surface area contributed by atoms with Crippen molar-refractivity contribution in [1.29, 1.82) is 0 Å². The molecule has 0 bridgehead atoms. The van der Waals surface area contributed by atoms with Crippen LogP contribution in [-0.4, -0.2) is 35.6 Å². The molecule has 0 saturated carbocycles. The first-order chi connectivity index (χ1) is 12.9. The number of esters is 1. The molecule has 1 N–H and O–H groups in total. The first-order valence-electron chi connectivity index (χ1n) is 8.25. The Bertz CT molecular complexity index is 856. The Morgan fingerprint density at radius 2 is 2.04 bits per heavy atom. The van der Waals surface area contributed by atoms with Crippen molar-refractivity contribution in [3.63, 3.8) is 0 Å². The van der Waals surface area contributed by atoms with Gasteiger partial charge in [-0.25, -0.2) is 4.98 Å². The maximum atomic E-state index is 12.4. The van der Waals surface area contributed by atoms with Gasteiger partial charge in [0.05, 0.1) is 24.6 Å². The van der Waals surface area contributed by atoms with Crippen molar-refractivity contribution in [2.24, 2.45) is 0 Å². The Labute approximate surface area is 170 Å². The molecule has 144 valence electrons. The summed E-state index contributed by atoms with van der Waals surface area (Å²) in [4.78, 5) is 28.1. The van der Waals surface area contributed by atoms with E-state index in [9.17, 15) is 14.7 Å². The van der Waals surface area contributed by atoms with Crippen LogP contribution in [0.5, 0.6) is 11.5 Å². The van der Waals surface area contributed by atoms with Crippen molar-refractivity contribution in [3.8, 4) is 11.5 Å². The Morgan fingerprint density at radius 3 is 2.70 bits per heavy atom. The molecule has 0 radical (unpaired) electrons. The van der Waals surface area contributed by atoms with Crippen LogP contribution in [0.15, 0.2) is 28.7 Å². The molecule has 0 atom stereocenters. The quantitative estimate of drug-likeness (QED) is 0.470. The van der Waals surface area contributed by atoms with Crippen LogP contribution in [0.4, 0.5) is 0 Å². The van der Waals surface area contributed by atoms with Gasteiger partial charge in [0.2, 0.25) is 0 Å². The maximum Gasteiger partial charge on any atom is 0.306 e. The normalized spacial score (nSPS) is 10.5. The van der Waals surface area contributed by atoms with Gasteiger partial charge in [-0.05, 0) is 41.1 Å². The molecule has 8 heteroatoms. The number of halogens is 2. The highest BCUT2D eigenvalue weighted by Gasteiger charge is 2.20. The number of rotatable bonds is 8. The van der Waals surface area contributed by atoms with Crippen LogP contribution in [-0.2, 0) is 16.0 Å². The van der Waals surface area contributed by atoms with E-state index >= 15 is 0 Å². The molecule has 1 heterocycles. The van der Waals surface area contributed by atoms with E-state index in [1.807, 2.05) is 0 Å². The number of nitrogens with zero attached hydrogens (tertiary/aromatic N) is 1. The molecule has 0 aliphatic heterocycles. The minimum Gasteiger partial charge on any atom is -0.504 e. The summed E-state index contributed by atoms with van der Waals surface area (Å²) in [5.41, 5.74) is 1.14. The second kappa shape index (κ2) is 9.71. The van der Waals surface area contributed by atoms with Gasteiger partial charge in [0.15, 0.2) is 11.5 Å². The summed E-state index contributed by atoms with van der Waals surface area (Å²) >= 11 is 9.50. The standard InChI is InChI=1S/C19H19BrClNO5/c1-3-27-17(24)8-7-15(23)18-19(25)13(20)10-11(22-18)9-12-14(21)5-4-6-16(12)26-2/h4-6,10,25H,3,7-9H2,1-2H3. The lowest BCUT2D eigenvalue weighted by molar-refractivity contribution is -0.143. The highest BCUT2D eigenvalue weighted by Crippen LogP contribution is 2.32. The topological polar surface area (TPSA) is 85.7 Å². The highest BCUT2D eigenvalue weighted by atomic mass is 79.9. The van der Waals surface area contributed by atoms with E-state index in [1.165, 1.54) is 0 Å². The molecule has 0 aliphatic rings. The van der Waals surface area contributed by atoms with E-state index in [4.69, 9.17) is 21.1 Å². The summed E-state index contributed by atoms with van der Waals surface area (Å²) in [5, 5.41) is 10.7. The molecular formula is C19H19BrClNO5. The number of carbonyl (C=O) groups is 2. The average molecular weight is 457 g/mol. The lowest BCUT2D eigenvalue weighted by Gasteiger charge is -2.12. The van der Waals surface area contributed by atoms with Crippen molar-refractivity contribution >= 4 is 39.3 Å². The number of ketones is 1. The van der Waals surface area contributed by atoms with Gasteiger partial charge >= 0.3 is 5.97 Å². The SMILES string of the molecule is CCOC(=O)CCC(=O)c1nc(Cc2c(Cl)cccc2OC)cc(Br)c1O. The number of ether oxygens (including phenoxy) is 2. The van der Waals surface area contributed by atoms with E-state index < -0.39 is 11.8 Å². The lowest BCUT2D eigenvalue weighted by Crippen LogP contribution is -2.10. The second-order valence-corrected chi connectivity index (χ2v) is 6.88. The molecule has 1 aromatic heterocycles. The smallest absolute Gasteiger partial charge is 0.306 e. The molecule has 0 saturated heterocycles. The van der Waals surface area contributed by atoms with Crippen molar-refractivity contribution in [2.45, 2.75) is 26.2 Å². The molecule has 2 aromatic rings. The van der Waals surface area contributed by atoms with Crippen molar-refractivity contribution < 1.29 is 24.2 Å². The molecule has 0 unspecified atom stereocenters. The highest BCUT2D eigenvalue weighted by molar-refractivity contribution is 9.10.